The average Bonchev–Trinajstić information content (AvgIpc) is 2.71. The van der Waals surface area contributed by atoms with Gasteiger partial charge >= 0.3 is 5.97 Å². The summed E-state index contributed by atoms with van der Waals surface area (Å²) in [5.41, 5.74) is 3.69. The lowest BCUT2D eigenvalue weighted by Crippen LogP contribution is -1.98. The third-order valence-electron chi connectivity index (χ3n) is 4.27. The fourth-order valence-electron chi connectivity index (χ4n) is 2.76. The monoisotopic (exact) mass is 358 g/mol. The molecule has 3 rings (SSSR count). The Balaban J connectivity index is 1.56. The predicted octanol–water partition coefficient (Wildman–Crippen LogP) is 5.31. The molecule has 0 radical (unpaired) electrons. The minimum atomic E-state index is -0.899. The first-order valence-electron chi connectivity index (χ1n) is 8.94. The third kappa shape index (κ3) is 5.58. The van der Waals surface area contributed by atoms with Crippen LogP contribution in [0, 0.1) is 0 Å². The van der Waals surface area contributed by atoms with Crippen molar-refractivity contribution in [2.45, 2.75) is 19.4 Å². The molecule has 0 aromatic heterocycles. The SMILES string of the molecule is O=C(O)c1ccc(CC=CCc2ccccc2OCc2ccccc2)cc1. The Kier molecular flexibility index (Phi) is 6.42. The lowest BCUT2D eigenvalue weighted by molar-refractivity contribution is 0.0697. The topological polar surface area (TPSA) is 46.5 Å². The molecule has 0 unspecified atom stereocenters. The number of carbonyl (C=O) groups is 1. The molecule has 0 fully saturated rings. The summed E-state index contributed by atoms with van der Waals surface area (Å²) in [5.74, 6) is 0.000941. The van der Waals surface area contributed by atoms with Gasteiger partial charge in [0.05, 0.1) is 5.56 Å². The molecular weight excluding hydrogens is 336 g/mol. The number of ether oxygens (including phenoxy) is 1. The van der Waals surface area contributed by atoms with Gasteiger partial charge < -0.3 is 9.84 Å². The highest BCUT2D eigenvalue weighted by molar-refractivity contribution is 5.87. The van der Waals surface area contributed by atoms with Crippen molar-refractivity contribution in [2.75, 3.05) is 0 Å². The zero-order valence-corrected chi connectivity index (χ0v) is 15.0. The van der Waals surface area contributed by atoms with Crippen LogP contribution >= 0.6 is 0 Å². The van der Waals surface area contributed by atoms with Gasteiger partial charge in [0.1, 0.15) is 12.4 Å². The fourth-order valence-corrected chi connectivity index (χ4v) is 2.76. The Morgan fingerprint density at radius 2 is 1.44 bits per heavy atom. The standard InChI is InChI=1S/C24H22O3/c25-24(26)22-16-14-19(15-17-22)8-4-5-11-21-12-6-7-13-23(21)27-18-20-9-2-1-3-10-20/h1-7,9-10,12-17H,8,11,18H2,(H,25,26). The Morgan fingerprint density at radius 3 is 2.19 bits per heavy atom. The molecule has 1 N–H and O–H groups in total. The zero-order chi connectivity index (χ0) is 18.9. The van der Waals surface area contributed by atoms with Gasteiger partial charge in [-0.2, -0.15) is 0 Å². The van der Waals surface area contributed by atoms with E-state index in [1.54, 1.807) is 12.1 Å². The second-order valence-corrected chi connectivity index (χ2v) is 6.26. The van der Waals surface area contributed by atoms with Crippen LogP contribution in [0.5, 0.6) is 5.75 Å². The normalized spacial score (nSPS) is 10.8. The van der Waals surface area contributed by atoms with E-state index in [1.165, 1.54) is 0 Å². The molecule has 0 amide bonds. The molecule has 3 aromatic rings. The summed E-state index contributed by atoms with van der Waals surface area (Å²) in [6, 6.07) is 25.2. The largest absolute Gasteiger partial charge is 0.489 e. The number of carboxylic acid groups (broad SMARTS) is 1. The van der Waals surface area contributed by atoms with Crippen molar-refractivity contribution in [2.24, 2.45) is 0 Å². The van der Waals surface area contributed by atoms with Crippen molar-refractivity contribution < 1.29 is 14.6 Å². The van der Waals surface area contributed by atoms with Gasteiger partial charge in [-0.1, -0.05) is 72.8 Å². The number of carboxylic acids is 1. The highest BCUT2D eigenvalue weighted by atomic mass is 16.5. The molecule has 27 heavy (non-hydrogen) atoms. The summed E-state index contributed by atoms with van der Waals surface area (Å²) < 4.78 is 5.98. The number of hydrogen-bond acceptors (Lipinski definition) is 2. The number of para-hydroxylation sites is 1. The minimum Gasteiger partial charge on any atom is -0.489 e. The molecule has 3 aromatic carbocycles. The molecule has 0 aliphatic rings. The van der Waals surface area contributed by atoms with E-state index in [0.717, 1.165) is 35.3 Å². The van der Waals surface area contributed by atoms with Gasteiger partial charge in [0, 0.05) is 0 Å². The van der Waals surface area contributed by atoms with Crippen LogP contribution in [-0.2, 0) is 19.4 Å². The third-order valence-corrected chi connectivity index (χ3v) is 4.27. The molecule has 3 heteroatoms. The van der Waals surface area contributed by atoms with E-state index in [0.29, 0.717) is 12.2 Å². The van der Waals surface area contributed by atoms with Gasteiger partial charge in [0.25, 0.3) is 0 Å². The predicted molar refractivity (Wildman–Crippen MR) is 107 cm³/mol. The van der Waals surface area contributed by atoms with Crippen molar-refractivity contribution in [1.82, 2.24) is 0 Å². The summed E-state index contributed by atoms with van der Waals surface area (Å²) in [4.78, 5) is 10.9. The molecule has 0 atom stereocenters. The van der Waals surface area contributed by atoms with Gasteiger partial charge in [0.2, 0.25) is 0 Å². The van der Waals surface area contributed by atoms with Crippen molar-refractivity contribution in [3.8, 4) is 5.75 Å². The first kappa shape index (κ1) is 18.5. The molecule has 136 valence electrons. The van der Waals surface area contributed by atoms with E-state index < -0.39 is 5.97 Å². The van der Waals surface area contributed by atoms with Crippen LogP contribution in [-0.4, -0.2) is 11.1 Å². The Hall–Kier alpha value is -3.33. The van der Waals surface area contributed by atoms with Gasteiger partial charge in [0.15, 0.2) is 0 Å². The number of aromatic carboxylic acids is 1. The molecule has 0 heterocycles. The van der Waals surface area contributed by atoms with Crippen LogP contribution in [0.2, 0.25) is 0 Å². The first-order valence-corrected chi connectivity index (χ1v) is 8.94. The summed E-state index contributed by atoms with van der Waals surface area (Å²) in [6.07, 6.45) is 5.78. The van der Waals surface area contributed by atoms with Crippen molar-refractivity contribution >= 4 is 5.97 Å². The van der Waals surface area contributed by atoms with Crippen LogP contribution in [0.4, 0.5) is 0 Å². The van der Waals surface area contributed by atoms with E-state index in [2.05, 4.69) is 30.4 Å². The average molecular weight is 358 g/mol. The van der Waals surface area contributed by atoms with E-state index in [1.807, 2.05) is 48.5 Å². The van der Waals surface area contributed by atoms with Gasteiger partial charge in [-0.3, -0.25) is 0 Å². The zero-order valence-electron chi connectivity index (χ0n) is 15.0. The fraction of sp³-hybridized carbons (Fsp3) is 0.125. The van der Waals surface area contributed by atoms with Crippen LogP contribution in [0.1, 0.15) is 27.0 Å². The molecule has 0 aliphatic heterocycles. The van der Waals surface area contributed by atoms with Crippen LogP contribution in [0.3, 0.4) is 0 Å². The smallest absolute Gasteiger partial charge is 0.335 e. The second kappa shape index (κ2) is 9.39. The molecule has 0 saturated carbocycles. The number of rotatable bonds is 8. The maximum Gasteiger partial charge on any atom is 0.335 e. The molecule has 0 bridgehead atoms. The Labute approximate surface area is 159 Å². The van der Waals surface area contributed by atoms with Crippen LogP contribution < -0.4 is 4.74 Å². The van der Waals surface area contributed by atoms with E-state index >= 15 is 0 Å². The molecule has 3 nitrogen and oxygen atoms in total. The summed E-state index contributed by atoms with van der Waals surface area (Å²) >= 11 is 0. The van der Waals surface area contributed by atoms with Gasteiger partial charge in [-0.15, -0.1) is 0 Å². The lowest BCUT2D eigenvalue weighted by Gasteiger charge is -2.10. The highest BCUT2D eigenvalue weighted by Gasteiger charge is 2.03. The maximum absolute atomic E-state index is 10.9. The van der Waals surface area contributed by atoms with Crippen LogP contribution in [0.15, 0.2) is 91.0 Å². The van der Waals surface area contributed by atoms with Gasteiger partial charge in [-0.25, -0.2) is 4.79 Å². The quantitative estimate of drug-likeness (QED) is 0.555. The summed E-state index contributed by atoms with van der Waals surface area (Å²) in [7, 11) is 0. The van der Waals surface area contributed by atoms with E-state index in [4.69, 9.17) is 9.84 Å². The van der Waals surface area contributed by atoms with E-state index in [-0.39, 0.29) is 0 Å². The second-order valence-electron chi connectivity index (χ2n) is 6.26. The van der Waals surface area contributed by atoms with E-state index in [9.17, 15) is 4.79 Å². The minimum absolute atomic E-state index is 0.312. The Morgan fingerprint density at radius 1 is 0.778 bits per heavy atom. The first-order chi connectivity index (χ1) is 13.2. The van der Waals surface area contributed by atoms with Crippen LogP contribution in [0.25, 0.3) is 0 Å². The number of benzene rings is 3. The summed E-state index contributed by atoms with van der Waals surface area (Å²) in [5, 5.41) is 8.93. The van der Waals surface area contributed by atoms with Crippen molar-refractivity contribution in [3.05, 3.63) is 113 Å². The molecule has 0 aliphatic carbocycles. The number of hydrogen-bond donors (Lipinski definition) is 1. The lowest BCUT2D eigenvalue weighted by atomic mass is 10.1. The van der Waals surface area contributed by atoms with Gasteiger partial charge in [-0.05, 0) is 47.7 Å². The van der Waals surface area contributed by atoms with Crippen molar-refractivity contribution in [3.63, 3.8) is 0 Å². The van der Waals surface area contributed by atoms with Crippen molar-refractivity contribution in [1.29, 1.82) is 0 Å². The summed E-state index contributed by atoms with van der Waals surface area (Å²) in [6.45, 7) is 0.553. The molecule has 0 saturated heterocycles. The molecular formula is C24H22O3. The number of allylic oxidation sites excluding steroid dienone is 2. The maximum atomic E-state index is 10.9. The Bertz CT molecular complexity index is 896. The highest BCUT2D eigenvalue weighted by Crippen LogP contribution is 2.20. The molecule has 0 spiro atoms.